The summed E-state index contributed by atoms with van der Waals surface area (Å²) >= 11 is 0. The van der Waals surface area contributed by atoms with Crippen molar-refractivity contribution in [3.63, 3.8) is 0 Å². The van der Waals surface area contributed by atoms with E-state index in [1.54, 1.807) is 4.90 Å². The van der Waals surface area contributed by atoms with E-state index in [4.69, 9.17) is 0 Å². The van der Waals surface area contributed by atoms with Gasteiger partial charge in [0, 0.05) is 25.6 Å². The van der Waals surface area contributed by atoms with Crippen LogP contribution in [0.25, 0.3) is 5.57 Å². The van der Waals surface area contributed by atoms with Crippen molar-refractivity contribution in [1.29, 1.82) is 0 Å². The maximum atomic E-state index is 12.9. The number of anilines is 1. The molecule has 0 saturated carbocycles. The average molecular weight is 353 g/mol. The molecule has 0 unspecified atom stereocenters. The molecule has 2 N–H and O–H groups in total. The largest absolute Gasteiger partial charge is 0.311 e. The van der Waals surface area contributed by atoms with Crippen molar-refractivity contribution >= 4 is 23.0 Å². The Morgan fingerprint density at radius 2 is 1.50 bits per heavy atom. The highest BCUT2D eigenvalue weighted by atomic mass is 16.2. The third-order valence-corrected chi connectivity index (χ3v) is 7.50. The Morgan fingerprint density at radius 3 is 2.08 bits per heavy atom. The summed E-state index contributed by atoms with van der Waals surface area (Å²) in [5.74, 6) is 0.533. The molecule has 0 radical (unpaired) electrons. The van der Waals surface area contributed by atoms with Gasteiger partial charge >= 0.3 is 0 Å². The van der Waals surface area contributed by atoms with Crippen molar-refractivity contribution in [2.75, 3.05) is 38.1 Å². The Kier molecular flexibility index (Phi) is 2.90. The monoisotopic (exact) mass is 353 g/mol. The van der Waals surface area contributed by atoms with Crippen molar-refractivity contribution in [3.05, 3.63) is 35.9 Å². The molecule has 5 heterocycles. The van der Waals surface area contributed by atoms with Gasteiger partial charge in [0.15, 0.2) is 5.78 Å². The predicted octanol–water partition coefficient (Wildman–Crippen LogP) is -0.845. The van der Waals surface area contributed by atoms with Crippen LogP contribution in [0.4, 0.5) is 5.69 Å². The lowest BCUT2D eigenvalue weighted by Gasteiger charge is -2.62. The first kappa shape index (κ1) is 16.2. The van der Waals surface area contributed by atoms with Crippen molar-refractivity contribution in [3.8, 4) is 0 Å². The first-order valence-electron chi connectivity index (χ1n) is 9.54. The van der Waals surface area contributed by atoms with E-state index < -0.39 is 0 Å². The van der Waals surface area contributed by atoms with Crippen LogP contribution in [0.15, 0.2) is 30.3 Å². The topological polar surface area (TPSA) is 46.3 Å². The number of amides is 1. The van der Waals surface area contributed by atoms with Crippen molar-refractivity contribution in [2.24, 2.45) is 10.8 Å². The quantitative estimate of drug-likeness (QED) is 0.647. The molecular weight excluding hydrogens is 326 g/mol. The van der Waals surface area contributed by atoms with E-state index >= 15 is 0 Å². The summed E-state index contributed by atoms with van der Waals surface area (Å²) < 4.78 is 0. The lowest BCUT2D eigenvalue weighted by Crippen LogP contribution is -3.48. The van der Waals surface area contributed by atoms with Crippen LogP contribution in [-0.2, 0) is 9.59 Å². The second kappa shape index (κ2) is 4.65. The average Bonchev–Trinajstić information content (AvgIpc) is 2.82. The Bertz CT molecular complexity index is 847. The van der Waals surface area contributed by atoms with Crippen LogP contribution in [0.5, 0.6) is 0 Å². The minimum Gasteiger partial charge on any atom is -0.311 e. The first-order chi connectivity index (χ1) is 12.2. The highest BCUT2D eigenvalue weighted by molar-refractivity contribution is 6.32. The van der Waals surface area contributed by atoms with Gasteiger partial charge in [-0.1, -0.05) is 18.2 Å². The number of carbonyl (C=O) groups excluding carboxylic acids is 2. The van der Waals surface area contributed by atoms with E-state index in [0.29, 0.717) is 5.78 Å². The predicted molar refractivity (Wildman–Crippen MR) is 98.8 cm³/mol. The molecule has 1 aromatic carbocycles. The molecule has 0 aromatic heterocycles. The fourth-order valence-corrected chi connectivity index (χ4v) is 6.20. The molecular formula is C21H27N3O2+2. The number of quaternary nitrogens is 2. The zero-order valence-electron chi connectivity index (χ0n) is 16.0. The summed E-state index contributed by atoms with van der Waals surface area (Å²) in [5.41, 5.74) is 2.23. The van der Waals surface area contributed by atoms with Crippen LogP contribution in [0.2, 0.25) is 0 Å². The van der Waals surface area contributed by atoms with Gasteiger partial charge in [-0.2, -0.15) is 0 Å². The van der Waals surface area contributed by atoms with Crippen LogP contribution in [-0.4, -0.2) is 50.6 Å². The molecule has 4 fully saturated rings. The number of nitrogens with one attached hydrogen (secondary N) is 2. The van der Waals surface area contributed by atoms with Crippen LogP contribution < -0.4 is 14.7 Å². The van der Waals surface area contributed by atoms with Crippen LogP contribution >= 0.6 is 0 Å². The standard InChI is InChI=1S/C21H25N3O2/c1-19-10-23-12-20(2,18(19)26)13-24(11-19)21(23,3)9-15-14-7-5-6-8-16(14)22(4)17(15)25/h5-9H,10-13H2,1-4H3/p+2/b15-9-. The van der Waals surface area contributed by atoms with Gasteiger partial charge in [0.2, 0.25) is 5.66 Å². The number of fused-ring (bicyclic) bond motifs is 1. The number of likely N-dealkylation sites (N-methyl/N-ethyl adjacent to an activating group) is 1. The van der Waals surface area contributed by atoms with Gasteiger partial charge in [0.1, 0.15) is 37.0 Å². The number of ketones is 1. The number of nitrogens with zero attached hydrogens (tertiary/aromatic N) is 1. The lowest BCUT2D eigenvalue weighted by molar-refractivity contribution is -1.19. The zero-order chi connectivity index (χ0) is 18.5. The van der Waals surface area contributed by atoms with Crippen LogP contribution in [0.1, 0.15) is 26.3 Å². The van der Waals surface area contributed by atoms with E-state index in [0.717, 1.165) is 43.0 Å². The van der Waals surface area contributed by atoms with Crippen molar-refractivity contribution < 1.29 is 19.4 Å². The molecule has 0 spiro atoms. The maximum absolute atomic E-state index is 12.9. The lowest BCUT2D eigenvalue weighted by atomic mass is 9.60. The summed E-state index contributed by atoms with van der Waals surface area (Å²) in [6.45, 7) is 10.0. The summed E-state index contributed by atoms with van der Waals surface area (Å²) in [5, 5.41) is 0. The fraction of sp³-hybridized carbons (Fsp3) is 0.524. The highest BCUT2D eigenvalue weighted by Crippen LogP contribution is 2.39. The summed E-state index contributed by atoms with van der Waals surface area (Å²) in [6, 6.07) is 8.03. The van der Waals surface area contributed by atoms with Gasteiger partial charge in [-0.25, -0.2) is 0 Å². The zero-order valence-corrected chi connectivity index (χ0v) is 16.0. The number of carbonyl (C=O) groups is 2. The third kappa shape index (κ3) is 1.78. The number of Topliss-reactive ketones (excluding diaryl/α,β-unsaturated/α-hetero) is 1. The fourth-order valence-electron chi connectivity index (χ4n) is 6.20. The molecule has 1 aromatic rings. The third-order valence-electron chi connectivity index (χ3n) is 7.50. The summed E-state index contributed by atoms with van der Waals surface area (Å²) in [4.78, 5) is 30.5. The second-order valence-corrected chi connectivity index (χ2v) is 9.51. The molecule has 5 heteroatoms. The summed E-state index contributed by atoms with van der Waals surface area (Å²) in [7, 11) is 1.85. The first-order valence-corrected chi connectivity index (χ1v) is 9.54. The molecule has 4 saturated heterocycles. The van der Waals surface area contributed by atoms with E-state index in [1.807, 2.05) is 31.3 Å². The smallest absolute Gasteiger partial charge is 0.258 e. The van der Waals surface area contributed by atoms with Gasteiger partial charge in [-0.15, -0.1) is 0 Å². The molecule has 5 nitrogen and oxygen atoms in total. The number of piperidine rings is 2. The Labute approximate surface area is 154 Å². The van der Waals surface area contributed by atoms with Gasteiger partial charge < -0.3 is 4.90 Å². The molecule has 6 rings (SSSR count). The van der Waals surface area contributed by atoms with Gasteiger partial charge in [-0.3, -0.25) is 19.4 Å². The number of hydrogen-bond acceptors (Lipinski definition) is 2. The van der Waals surface area contributed by atoms with E-state index in [1.165, 1.54) is 9.80 Å². The number of para-hydroxylation sites is 1. The Morgan fingerprint density at radius 1 is 0.962 bits per heavy atom. The minimum atomic E-state index is -0.220. The minimum absolute atomic E-state index is 0.0796. The molecule has 136 valence electrons. The Balaban J connectivity index is 1.61. The normalized spacial score (nSPS) is 44.9. The van der Waals surface area contributed by atoms with Gasteiger partial charge in [0.05, 0.1) is 11.3 Å². The molecule has 0 aliphatic carbocycles. The van der Waals surface area contributed by atoms with Gasteiger partial charge in [-0.05, 0) is 19.9 Å². The van der Waals surface area contributed by atoms with Crippen LogP contribution in [0.3, 0.4) is 0 Å². The highest BCUT2D eigenvalue weighted by Gasteiger charge is 2.71. The number of benzene rings is 1. The number of rotatable bonds is 1. The molecule has 5 aliphatic heterocycles. The molecule has 26 heavy (non-hydrogen) atoms. The summed E-state index contributed by atoms with van der Waals surface area (Å²) in [6.07, 6.45) is 2.22. The number of hydrogen-bond donors (Lipinski definition) is 2. The van der Waals surface area contributed by atoms with E-state index in [9.17, 15) is 9.59 Å². The SMILES string of the molecule is CN1C(=O)/C(=C\C2(C)[NH+]3CC4(C)C[NH+]2CC(C)(C3)C4=O)c2ccccc21. The van der Waals surface area contributed by atoms with Gasteiger partial charge in [0.25, 0.3) is 5.91 Å². The second-order valence-electron chi connectivity index (χ2n) is 9.51. The van der Waals surface area contributed by atoms with Crippen molar-refractivity contribution in [2.45, 2.75) is 26.4 Å². The molecule has 5 aliphatic rings. The van der Waals surface area contributed by atoms with E-state index in [-0.39, 0.29) is 22.4 Å². The van der Waals surface area contributed by atoms with Crippen LogP contribution in [0, 0.1) is 10.8 Å². The molecule has 0 atom stereocenters. The molecule has 1 amide bonds. The van der Waals surface area contributed by atoms with E-state index in [2.05, 4.69) is 26.8 Å². The van der Waals surface area contributed by atoms with Crippen molar-refractivity contribution in [1.82, 2.24) is 0 Å². The Hall–Kier alpha value is -1.98. The maximum Gasteiger partial charge on any atom is 0.258 e. The molecule has 4 bridgehead atoms.